The van der Waals surface area contributed by atoms with Crippen LogP contribution in [-0.4, -0.2) is 132 Å². The van der Waals surface area contributed by atoms with E-state index in [0.29, 0.717) is 48.2 Å². The number of phenols is 1. The van der Waals surface area contributed by atoms with Crippen LogP contribution in [-0.2, 0) is 32.0 Å². The molecule has 5 amide bonds. The Balaban J connectivity index is 0.742. The number of aromatic nitrogens is 1. The van der Waals surface area contributed by atoms with Crippen molar-refractivity contribution in [2.75, 3.05) is 75.7 Å². The largest absolute Gasteiger partial charge is 0.508 e. The number of phenolic OH excluding ortho intramolecular Hbond substituents is 1. The Kier molecular flexibility index (Phi) is 15.6. The topological polar surface area (TPSA) is 182 Å². The standard InChI is InChI=1S/C52H63N9O6/c1-36(62)55-46(33-39-34-54-43-13-4-2-11-41(39)43)52(67)57-45(32-38-17-19-40(63)20-18-38)51(66)53-23-27-59-30-28-58(29-31-59)24-9-8-10-37-21-25-60(26-22-37)35-49(64)61-47-15-6-3-12-42(47)50(65)56-44-14-5-7-16-48(44)61/h2-7,11-20,34,37,45-46,54,63H,8-10,21-33,35H2,1H3,(H,53,66)(H,55,62)(H,56,65)(H,57,67)/t45-,46-/m0/s1. The molecule has 15 heteroatoms. The minimum absolute atomic E-state index is 0.0382. The molecule has 67 heavy (non-hydrogen) atoms. The molecule has 0 spiro atoms. The first-order valence-electron chi connectivity index (χ1n) is 23.8. The van der Waals surface area contributed by atoms with Crippen molar-refractivity contribution in [3.05, 3.63) is 120 Å². The molecule has 0 saturated carbocycles. The highest BCUT2D eigenvalue weighted by atomic mass is 16.3. The molecule has 4 heterocycles. The monoisotopic (exact) mass is 909 g/mol. The predicted molar refractivity (Wildman–Crippen MR) is 260 cm³/mol. The normalized spacial score (nSPS) is 16.9. The fraction of sp³-hybridized carbons (Fsp3) is 0.404. The third-order valence-corrected chi connectivity index (χ3v) is 13.4. The SMILES string of the molecule is CC(=O)N[C@@H](Cc1c[nH]c2ccccc12)C(=O)N[C@@H](Cc1ccc(O)cc1)C(=O)NCCN1CCN(CCCCC2CCN(CC(=O)N3c4ccccc4NC(=O)c4ccccc43)CC2)CC1. The van der Waals surface area contributed by atoms with Gasteiger partial charge in [-0.25, -0.2) is 0 Å². The lowest BCUT2D eigenvalue weighted by Crippen LogP contribution is -2.55. The van der Waals surface area contributed by atoms with Crippen LogP contribution >= 0.6 is 0 Å². The molecule has 2 fully saturated rings. The van der Waals surface area contributed by atoms with E-state index in [2.05, 4.69) is 41.0 Å². The zero-order valence-corrected chi connectivity index (χ0v) is 38.3. The number of hydrogen-bond acceptors (Lipinski definition) is 9. The van der Waals surface area contributed by atoms with E-state index in [1.165, 1.54) is 19.8 Å². The third kappa shape index (κ3) is 12.3. The van der Waals surface area contributed by atoms with Crippen molar-refractivity contribution >= 4 is 57.5 Å². The molecule has 1 aromatic heterocycles. The fourth-order valence-corrected chi connectivity index (χ4v) is 9.71. The van der Waals surface area contributed by atoms with Gasteiger partial charge in [-0.15, -0.1) is 0 Å². The van der Waals surface area contributed by atoms with Gasteiger partial charge in [-0.2, -0.15) is 0 Å². The van der Waals surface area contributed by atoms with Crippen LogP contribution in [0.4, 0.5) is 17.1 Å². The van der Waals surface area contributed by atoms with Crippen LogP contribution in [0.2, 0.25) is 0 Å². The van der Waals surface area contributed by atoms with Gasteiger partial charge in [-0.1, -0.05) is 67.4 Å². The molecule has 3 aliphatic heterocycles. The Morgan fingerprint density at radius 3 is 2.15 bits per heavy atom. The summed E-state index contributed by atoms with van der Waals surface area (Å²) in [5.41, 5.74) is 5.01. The molecule has 352 valence electrons. The van der Waals surface area contributed by atoms with Crippen LogP contribution < -0.4 is 26.2 Å². The number of rotatable bonds is 18. The van der Waals surface area contributed by atoms with Crippen LogP contribution in [0.3, 0.4) is 0 Å². The van der Waals surface area contributed by atoms with Gasteiger partial charge in [0.15, 0.2) is 0 Å². The second kappa shape index (κ2) is 22.3. The Morgan fingerprint density at radius 1 is 0.716 bits per heavy atom. The summed E-state index contributed by atoms with van der Waals surface area (Å²) in [6.45, 7) is 9.38. The summed E-state index contributed by atoms with van der Waals surface area (Å²) < 4.78 is 0. The molecule has 4 aromatic carbocycles. The molecule has 0 bridgehead atoms. The number of carbonyl (C=O) groups excluding carboxylic acids is 5. The van der Waals surface area contributed by atoms with E-state index >= 15 is 0 Å². The first-order valence-corrected chi connectivity index (χ1v) is 23.8. The van der Waals surface area contributed by atoms with Crippen molar-refractivity contribution in [2.45, 2.75) is 64.0 Å². The molecule has 6 N–H and O–H groups in total. The maximum atomic E-state index is 13.9. The van der Waals surface area contributed by atoms with E-state index in [0.717, 1.165) is 87.1 Å². The van der Waals surface area contributed by atoms with E-state index in [4.69, 9.17) is 0 Å². The van der Waals surface area contributed by atoms with Crippen LogP contribution in [0.15, 0.2) is 103 Å². The number of para-hydroxylation sites is 4. The third-order valence-electron chi connectivity index (χ3n) is 13.4. The molecule has 5 aromatic rings. The number of aromatic hydroxyl groups is 1. The summed E-state index contributed by atoms with van der Waals surface area (Å²) in [6, 6.07) is 27.3. The van der Waals surface area contributed by atoms with E-state index in [1.807, 2.05) is 72.9 Å². The Morgan fingerprint density at radius 2 is 1.39 bits per heavy atom. The average Bonchev–Trinajstić information content (AvgIpc) is 3.69. The lowest BCUT2D eigenvalue weighted by atomic mass is 9.91. The number of unbranched alkanes of at least 4 members (excludes halogenated alkanes) is 1. The van der Waals surface area contributed by atoms with Gasteiger partial charge in [0.2, 0.25) is 23.6 Å². The number of aromatic amines is 1. The molecule has 0 unspecified atom stereocenters. The minimum Gasteiger partial charge on any atom is -0.508 e. The number of carbonyl (C=O) groups is 5. The number of benzene rings is 4. The van der Waals surface area contributed by atoms with Crippen molar-refractivity contribution < 1.29 is 29.1 Å². The summed E-state index contributed by atoms with van der Waals surface area (Å²) in [5.74, 6) is -0.599. The number of piperidine rings is 1. The molecular formula is C52H63N9O6. The lowest BCUT2D eigenvalue weighted by molar-refractivity contribution is -0.131. The van der Waals surface area contributed by atoms with Crippen LogP contribution in [0.1, 0.15) is 60.5 Å². The zero-order chi connectivity index (χ0) is 46.7. The fourth-order valence-electron chi connectivity index (χ4n) is 9.71. The van der Waals surface area contributed by atoms with E-state index in [9.17, 15) is 29.1 Å². The summed E-state index contributed by atoms with van der Waals surface area (Å²) in [4.78, 5) is 78.7. The summed E-state index contributed by atoms with van der Waals surface area (Å²) >= 11 is 0. The number of fused-ring (bicyclic) bond motifs is 3. The quantitative estimate of drug-likeness (QED) is 0.0645. The second-order valence-electron chi connectivity index (χ2n) is 18.2. The average molecular weight is 910 g/mol. The van der Waals surface area contributed by atoms with Gasteiger partial charge < -0.3 is 36.3 Å². The van der Waals surface area contributed by atoms with Gasteiger partial charge in [0.25, 0.3) is 5.91 Å². The number of nitrogens with zero attached hydrogens (tertiary/aromatic N) is 4. The summed E-state index contributed by atoms with van der Waals surface area (Å²) in [7, 11) is 0. The maximum Gasteiger partial charge on any atom is 0.257 e. The van der Waals surface area contributed by atoms with Gasteiger partial charge in [-0.3, -0.25) is 38.7 Å². The van der Waals surface area contributed by atoms with Crippen molar-refractivity contribution in [1.29, 1.82) is 0 Å². The summed E-state index contributed by atoms with van der Waals surface area (Å²) in [6.07, 6.45) is 7.96. The molecule has 2 atom stereocenters. The van der Waals surface area contributed by atoms with Crippen molar-refractivity contribution in [3.63, 3.8) is 0 Å². The van der Waals surface area contributed by atoms with E-state index < -0.39 is 18.0 Å². The van der Waals surface area contributed by atoms with Crippen LogP contribution in [0, 0.1) is 5.92 Å². The Labute approximate surface area is 392 Å². The smallest absolute Gasteiger partial charge is 0.257 e. The number of H-pyrrole nitrogens is 1. The maximum absolute atomic E-state index is 13.9. The number of anilines is 3. The van der Waals surface area contributed by atoms with Crippen LogP contribution in [0.25, 0.3) is 10.9 Å². The van der Waals surface area contributed by atoms with Crippen molar-refractivity contribution in [1.82, 2.24) is 35.6 Å². The van der Waals surface area contributed by atoms with Crippen LogP contribution in [0.5, 0.6) is 5.75 Å². The van der Waals surface area contributed by atoms with Crippen molar-refractivity contribution in [2.24, 2.45) is 5.92 Å². The Hall–Kier alpha value is -6.55. The molecule has 2 saturated heterocycles. The molecule has 0 radical (unpaired) electrons. The van der Waals surface area contributed by atoms with Gasteiger partial charge >= 0.3 is 0 Å². The second-order valence-corrected chi connectivity index (χ2v) is 18.2. The highest BCUT2D eigenvalue weighted by Gasteiger charge is 2.32. The number of amides is 5. The van der Waals surface area contributed by atoms with Crippen molar-refractivity contribution in [3.8, 4) is 5.75 Å². The van der Waals surface area contributed by atoms with Gasteiger partial charge in [0.1, 0.15) is 17.8 Å². The first-order chi connectivity index (χ1) is 32.6. The Bertz CT molecular complexity index is 2510. The highest BCUT2D eigenvalue weighted by molar-refractivity contribution is 6.18. The highest BCUT2D eigenvalue weighted by Crippen LogP contribution is 2.38. The molecule has 8 rings (SSSR count). The van der Waals surface area contributed by atoms with Gasteiger partial charge in [0, 0.05) is 76.1 Å². The summed E-state index contributed by atoms with van der Waals surface area (Å²) in [5, 5.41) is 22.5. The van der Waals surface area contributed by atoms with E-state index in [-0.39, 0.29) is 42.2 Å². The first kappa shape index (κ1) is 47.0. The van der Waals surface area contributed by atoms with Gasteiger partial charge in [0.05, 0.1) is 29.2 Å². The molecule has 15 nitrogen and oxygen atoms in total. The van der Waals surface area contributed by atoms with Gasteiger partial charge in [-0.05, 0) is 98.4 Å². The molecular weight excluding hydrogens is 847 g/mol. The number of piperazine rings is 1. The predicted octanol–water partition coefficient (Wildman–Crippen LogP) is 5.19. The molecule has 3 aliphatic rings. The lowest BCUT2D eigenvalue weighted by Gasteiger charge is -2.35. The number of hydrogen-bond donors (Lipinski definition) is 6. The number of likely N-dealkylation sites (tertiary alicyclic amines) is 1. The van der Waals surface area contributed by atoms with E-state index in [1.54, 1.807) is 35.2 Å². The zero-order valence-electron chi connectivity index (χ0n) is 38.3. The molecule has 0 aliphatic carbocycles. The minimum atomic E-state index is -0.900. The number of nitrogens with one attached hydrogen (secondary N) is 5.